The van der Waals surface area contributed by atoms with Gasteiger partial charge in [-0.1, -0.05) is 6.92 Å². The fraction of sp³-hybridized carbons (Fsp3) is 0.381. The van der Waals surface area contributed by atoms with E-state index in [1.54, 1.807) is 12.1 Å². The molecule has 0 saturated heterocycles. The molecule has 140 valence electrons. The molecule has 2 aromatic heterocycles. The van der Waals surface area contributed by atoms with Crippen LogP contribution in [0.25, 0.3) is 5.69 Å². The summed E-state index contributed by atoms with van der Waals surface area (Å²) in [7, 11) is 0. The van der Waals surface area contributed by atoms with Gasteiger partial charge in [-0.15, -0.1) is 0 Å². The van der Waals surface area contributed by atoms with Crippen molar-refractivity contribution in [2.75, 3.05) is 6.54 Å². The second-order valence-electron chi connectivity index (χ2n) is 7.11. The van der Waals surface area contributed by atoms with E-state index in [2.05, 4.69) is 28.8 Å². The first kappa shape index (κ1) is 17.8. The van der Waals surface area contributed by atoms with Crippen molar-refractivity contribution < 1.29 is 4.39 Å². The van der Waals surface area contributed by atoms with Crippen molar-refractivity contribution in [1.29, 1.82) is 0 Å². The Morgan fingerprint density at radius 2 is 1.96 bits per heavy atom. The van der Waals surface area contributed by atoms with Crippen molar-refractivity contribution in [3.63, 3.8) is 0 Å². The standard InChI is InChI=1S/C21H24FN5/c1-3-4-21-23-11-17-14-26(10-9-20(17)25-21)13-16-12-24-27(15(16)2)19-7-5-18(22)6-8-19/h5-8,11-12H,3-4,9-10,13-14H2,1-2H3. The zero-order valence-electron chi connectivity index (χ0n) is 15.8. The number of aromatic nitrogens is 4. The molecule has 6 heteroatoms. The summed E-state index contributed by atoms with van der Waals surface area (Å²) in [5.41, 5.74) is 5.57. The van der Waals surface area contributed by atoms with Crippen LogP contribution >= 0.6 is 0 Å². The highest BCUT2D eigenvalue weighted by Crippen LogP contribution is 2.21. The topological polar surface area (TPSA) is 46.8 Å². The van der Waals surface area contributed by atoms with Crippen molar-refractivity contribution in [2.24, 2.45) is 0 Å². The number of hydrogen-bond acceptors (Lipinski definition) is 4. The molecule has 0 aliphatic carbocycles. The molecule has 5 nitrogen and oxygen atoms in total. The zero-order chi connectivity index (χ0) is 18.8. The summed E-state index contributed by atoms with van der Waals surface area (Å²) in [4.78, 5) is 11.6. The summed E-state index contributed by atoms with van der Waals surface area (Å²) in [6.45, 7) is 6.89. The van der Waals surface area contributed by atoms with Crippen LogP contribution in [0.15, 0.2) is 36.7 Å². The predicted molar refractivity (Wildman–Crippen MR) is 102 cm³/mol. The molecular formula is C21H24FN5. The lowest BCUT2D eigenvalue weighted by Crippen LogP contribution is -2.31. The quantitative estimate of drug-likeness (QED) is 0.693. The van der Waals surface area contributed by atoms with Gasteiger partial charge < -0.3 is 0 Å². The normalized spacial score (nSPS) is 14.3. The van der Waals surface area contributed by atoms with Gasteiger partial charge in [-0.3, -0.25) is 4.90 Å². The number of hydrogen-bond donors (Lipinski definition) is 0. The van der Waals surface area contributed by atoms with Gasteiger partial charge in [-0.05, 0) is 37.6 Å². The minimum Gasteiger partial charge on any atom is -0.294 e. The summed E-state index contributed by atoms with van der Waals surface area (Å²) < 4.78 is 15.0. The molecule has 0 spiro atoms. The Morgan fingerprint density at radius 3 is 2.74 bits per heavy atom. The number of benzene rings is 1. The minimum atomic E-state index is -0.236. The Labute approximate surface area is 158 Å². The second kappa shape index (κ2) is 7.56. The lowest BCUT2D eigenvalue weighted by molar-refractivity contribution is 0.242. The Kier molecular flexibility index (Phi) is 4.99. The molecule has 0 radical (unpaired) electrons. The average Bonchev–Trinajstić information content (AvgIpc) is 3.03. The molecule has 1 aliphatic rings. The lowest BCUT2D eigenvalue weighted by atomic mass is 10.1. The van der Waals surface area contributed by atoms with Gasteiger partial charge in [-0.25, -0.2) is 19.0 Å². The van der Waals surface area contributed by atoms with Crippen LogP contribution < -0.4 is 0 Å². The monoisotopic (exact) mass is 365 g/mol. The molecule has 0 N–H and O–H groups in total. The van der Waals surface area contributed by atoms with Crippen LogP contribution in [0.4, 0.5) is 4.39 Å². The molecule has 0 saturated carbocycles. The molecule has 0 bridgehead atoms. The molecular weight excluding hydrogens is 341 g/mol. The van der Waals surface area contributed by atoms with Crippen LogP contribution in [0.2, 0.25) is 0 Å². The van der Waals surface area contributed by atoms with E-state index >= 15 is 0 Å². The molecule has 1 aliphatic heterocycles. The Balaban J connectivity index is 1.48. The Hall–Kier alpha value is -2.60. The van der Waals surface area contributed by atoms with Crippen molar-refractivity contribution in [2.45, 2.75) is 46.2 Å². The number of aryl methyl sites for hydroxylation is 1. The summed E-state index contributed by atoms with van der Waals surface area (Å²) in [5.74, 6) is 0.723. The van der Waals surface area contributed by atoms with Gasteiger partial charge in [-0.2, -0.15) is 5.10 Å². The molecule has 4 rings (SSSR count). The Bertz CT molecular complexity index is 932. The van der Waals surface area contributed by atoms with E-state index in [-0.39, 0.29) is 5.82 Å². The third-order valence-corrected chi connectivity index (χ3v) is 5.11. The lowest BCUT2D eigenvalue weighted by Gasteiger charge is -2.28. The van der Waals surface area contributed by atoms with Crippen LogP contribution in [0.1, 0.15) is 41.7 Å². The van der Waals surface area contributed by atoms with E-state index in [0.717, 1.165) is 56.1 Å². The van der Waals surface area contributed by atoms with Crippen molar-refractivity contribution in [3.05, 3.63) is 70.8 Å². The fourth-order valence-corrected chi connectivity index (χ4v) is 3.58. The van der Waals surface area contributed by atoms with Crippen molar-refractivity contribution in [3.8, 4) is 5.69 Å². The molecule has 0 amide bonds. The predicted octanol–water partition coefficient (Wildman–Crippen LogP) is 3.62. The molecule has 3 heterocycles. The van der Waals surface area contributed by atoms with Gasteiger partial charge in [0, 0.05) is 61.2 Å². The third kappa shape index (κ3) is 3.76. The summed E-state index contributed by atoms with van der Waals surface area (Å²) in [5, 5.41) is 4.50. The number of nitrogens with zero attached hydrogens (tertiary/aromatic N) is 5. The number of fused-ring (bicyclic) bond motifs is 1. The molecule has 3 aromatic rings. The SMILES string of the molecule is CCCc1ncc2c(n1)CCN(Cc1cnn(-c3ccc(F)cc3)c1C)C2. The maximum absolute atomic E-state index is 13.2. The van der Waals surface area contributed by atoms with Crippen molar-refractivity contribution in [1.82, 2.24) is 24.6 Å². The first-order chi connectivity index (χ1) is 13.1. The maximum Gasteiger partial charge on any atom is 0.128 e. The van der Waals surface area contributed by atoms with E-state index in [9.17, 15) is 4.39 Å². The van der Waals surface area contributed by atoms with Gasteiger partial charge in [0.2, 0.25) is 0 Å². The van der Waals surface area contributed by atoms with Crippen LogP contribution in [0.5, 0.6) is 0 Å². The summed E-state index contributed by atoms with van der Waals surface area (Å²) in [6, 6.07) is 6.43. The third-order valence-electron chi connectivity index (χ3n) is 5.11. The molecule has 0 unspecified atom stereocenters. The van der Waals surface area contributed by atoms with Gasteiger partial charge in [0.1, 0.15) is 11.6 Å². The first-order valence-electron chi connectivity index (χ1n) is 9.49. The second-order valence-corrected chi connectivity index (χ2v) is 7.11. The molecule has 27 heavy (non-hydrogen) atoms. The maximum atomic E-state index is 13.2. The molecule has 0 fully saturated rings. The van der Waals surface area contributed by atoms with Crippen LogP contribution in [0, 0.1) is 12.7 Å². The summed E-state index contributed by atoms with van der Waals surface area (Å²) >= 11 is 0. The molecule has 0 atom stereocenters. The van der Waals surface area contributed by atoms with Gasteiger partial charge in [0.25, 0.3) is 0 Å². The van der Waals surface area contributed by atoms with Gasteiger partial charge in [0.05, 0.1) is 11.9 Å². The smallest absolute Gasteiger partial charge is 0.128 e. The van der Waals surface area contributed by atoms with Crippen LogP contribution in [-0.4, -0.2) is 31.2 Å². The first-order valence-corrected chi connectivity index (χ1v) is 9.49. The average molecular weight is 365 g/mol. The largest absolute Gasteiger partial charge is 0.294 e. The van der Waals surface area contributed by atoms with Crippen LogP contribution in [-0.2, 0) is 25.9 Å². The minimum absolute atomic E-state index is 0.236. The fourth-order valence-electron chi connectivity index (χ4n) is 3.58. The van der Waals surface area contributed by atoms with Gasteiger partial charge in [0.15, 0.2) is 0 Å². The number of halogens is 1. The van der Waals surface area contributed by atoms with Gasteiger partial charge >= 0.3 is 0 Å². The van der Waals surface area contributed by atoms with Crippen LogP contribution in [0.3, 0.4) is 0 Å². The van der Waals surface area contributed by atoms with Crippen molar-refractivity contribution >= 4 is 0 Å². The molecule has 1 aromatic carbocycles. The van der Waals surface area contributed by atoms with E-state index < -0.39 is 0 Å². The van der Waals surface area contributed by atoms with E-state index in [4.69, 9.17) is 4.98 Å². The van der Waals surface area contributed by atoms with E-state index in [1.165, 1.54) is 29.0 Å². The zero-order valence-corrected chi connectivity index (χ0v) is 15.8. The van der Waals surface area contributed by atoms with E-state index in [0.29, 0.717) is 0 Å². The summed E-state index contributed by atoms with van der Waals surface area (Å²) in [6.07, 6.45) is 6.88. The highest BCUT2D eigenvalue weighted by molar-refractivity contribution is 5.35. The highest BCUT2D eigenvalue weighted by Gasteiger charge is 2.20. The highest BCUT2D eigenvalue weighted by atomic mass is 19.1. The number of rotatable bonds is 5. The Morgan fingerprint density at radius 1 is 1.15 bits per heavy atom. The van der Waals surface area contributed by atoms with E-state index in [1.807, 2.05) is 17.1 Å².